The van der Waals surface area contributed by atoms with Gasteiger partial charge >= 0.3 is 5.69 Å². The number of carbonyl (C=O) groups excluding carboxylic acids is 1. The number of carbonyl (C=O) groups is 1. The van der Waals surface area contributed by atoms with E-state index >= 15 is 0 Å². The van der Waals surface area contributed by atoms with Crippen molar-refractivity contribution in [1.82, 2.24) is 9.55 Å². The third-order valence-electron chi connectivity index (χ3n) is 5.95. The second kappa shape index (κ2) is 10.3. The van der Waals surface area contributed by atoms with Crippen LogP contribution in [0.3, 0.4) is 0 Å². The molecule has 1 aliphatic carbocycles. The summed E-state index contributed by atoms with van der Waals surface area (Å²) in [4.78, 5) is 42.1. The molecule has 0 radical (unpaired) electrons. The fourth-order valence-corrected chi connectivity index (χ4v) is 4.20. The smallest absolute Gasteiger partial charge is 0.330 e. The van der Waals surface area contributed by atoms with Gasteiger partial charge in [0.1, 0.15) is 5.82 Å². The van der Waals surface area contributed by atoms with Crippen LogP contribution in [0, 0.1) is 5.92 Å². The van der Waals surface area contributed by atoms with Gasteiger partial charge in [0.05, 0.1) is 6.54 Å². The van der Waals surface area contributed by atoms with E-state index in [9.17, 15) is 14.4 Å². The zero-order valence-electron chi connectivity index (χ0n) is 17.7. The number of H-pyrrole nitrogens is 1. The van der Waals surface area contributed by atoms with E-state index in [1.807, 2.05) is 37.3 Å². The Balaban J connectivity index is 1.95. The van der Waals surface area contributed by atoms with Crippen LogP contribution in [-0.2, 0) is 17.9 Å². The highest BCUT2D eigenvalue weighted by Crippen LogP contribution is 2.29. The van der Waals surface area contributed by atoms with E-state index in [1.165, 1.54) is 22.3 Å². The lowest BCUT2D eigenvalue weighted by Gasteiger charge is -2.25. The van der Waals surface area contributed by atoms with Gasteiger partial charge in [0.2, 0.25) is 5.91 Å². The number of hydrogen-bond acceptors (Lipinski definition) is 4. The summed E-state index contributed by atoms with van der Waals surface area (Å²) in [6.45, 7) is 2.66. The molecule has 3 N–H and O–H groups in total. The summed E-state index contributed by atoms with van der Waals surface area (Å²) in [7, 11) is 0. The number of nitrogens with two attached hydrogens (primary N) is 1. The number of hydrogen-bond donors (Lipinski definition) is 2. The molecule has 0 atom stereocenters. The minimum Gasteiger partial charge on any atom is -0.383 e. The Morgan fingerprint density at radius 3 is 2.57 bits per heavy atom. The molecule has 1 aromatic heterocycles. The number of aromatic amines is 1. The highest BCUT2D eigenvalue weighted by Gasteiger charge is 2.25. The van der Waals surface area contributed by atoms with Crippen molar-refractivity contribution >= 4 is 17.4 Å². The van der Waals surface area contributed by atoms with Crippen LogP contribution < -0.4 is 21.9 Å². The van der Waals surface area contributed by atoms with Gasteiger partial charge in [-0.05, 0) is 24.3 Å². The lowest BCUT2D eigenvalue weighted by Crippen LogP contribution is -2.41. The van der Waals surface area contributed by atoms with Crippen molar-refractivity contribution in [2.24, 2.45) is 5.92 Å². The summed E-state index contributed by atoms with van der Waals surface area (Å²) in [5.74, 6) is 0.493. The van der Waals surface area contributed by atoms with Crippen molar-refractivity contribution < 1.29 is 4.79 Å². The molecular formula is C23H32N4O3. The van der Waals surface area contributed by atoms with E-state index in [-0.39, 0.29) is 24.0 Å². The maximum atomic E-state index is 13.2. The molecule has 0 bridgehead atoms. The van der Waals surface area contributed by atoms with Crippen LogP contribution in [0.1, 0.15) is 63.9 Å². The van der Waals surface area contributed by atoms with Crippen LogP contribution in [0.25, 0.3) is 0 Å². The van der Waals surface area contributed by atoms with Crippen molar-refractivity contribution in [3.05, 3.63) is 56.7 Å². The second-order valence-corrected chi connectivity index (χ2v) is 8.15. The van der Waals surface area contributed by atoms with E-state index in [0.29, 0.717) is 18.9 Å². The summed E-state index contributed by atoms with van der Waals surface area (Å²) in [6.07, 6.45) is 7.59. The number of aromatic nitrogens is 2. The lowest BCUT2D eigenvalue weighted by atomic mass is 10.0. The van der Waals surface area contributed by atoms with Gasteiger partial charge in [-0.1, -0.05) is 69.4 Å². The first kappa shape index (κ1) is 21.9. The molecule has 7 nitrogen and oxygen atoms in total. The average Bonchev–Trinajstić information content (AvgIpc) is 3.25. The number of amides is 1. The highest BCUT2D eigenvalue weighted by molar-refractivity contribution is 5.95. The normalized spacial score (nSPS) is 14.2. The van der Waals surface area contributed by atoms with Gasteiger partial charge in [-0.25, -0.2) is 4.79 Å². The number of anilines is 2. The molecule has 162 valence electrons. The predicted molar refractivity (Wildman–Crippen MR) is 119 cm³/mol. The number of nitrogens with one attached hydrogen (secondary N) is 1. The SMILES string of the molecule is CCCCn1c(N)c(N(Cc2ccccc2)C(=O)CCC2CCCC2)c(=O)[nH]c1=O. The van der Waals surface area contributed by atoms with Crippen LogP contribution in [0.5, 0.6) is 0 Å². The van der Waals surface area contributed by atoms with Gasteiger partial charge in [0.15, 0.2) is 5.69 Å². The van der Waals surface area contributed by atoms with Crippen LogP contribution in [0.2, 0.25) is 0 Å². The predicted octanol–water partition coefficient (Wildman–Crippen LogP) is 3.42. The van der Waals surface area contributed by atoms with Gasteiger partial charge in [0, 0.05) is 13.0 Å². The van der Waals surface area contributed by atoms with Gasteiger partial charge in [0.25, 0.3) is 5.56 Å². The van der Waals surface area contributed by atoms with E-state index in [1.54, 1.807) is 0 Å². The molecule has 3 rings (SSSR count). The van der Waals surface area contributed by atoms with E-state index < -0.39 is 11.2 Å². The summed E-state index contributed by atoms with van der Waals surface area (Å²) in [5, 5.41) is 0. The Hall–Kier alpha value is -2.83. The molecule has 1 aliphatic rings. The lowest BCUT2D eigenvalue weighted by molar-refractivity contribution is -0.119. The van der Waals surface area contributed by atoms with Gasteiger partial charge < -0.3 is 10.6 Å². The molecule has 1 aromatic carbocycles. The van der Waals surface area contributed by atoms with Gasteiger partial charge in [-0.15, -0.1) is 0 Å². The first-order valence-electron chi connectivity index (χ1n) is 11.0. The summed E-state index contributed by atoms with van der Waals surface area (Å²) >= 11 is 0. The molecule has 2 aromatic rings. The van der Waals surface area contributed by atoms with E-state index in [4.69, 9.17) is 5.73 Å². The summed E-state index contributed by atoms with van der Waals surface area (Å²) in [5.41, 5.74) is 6.11. The molecule has 0 aliphatic heterocycles. The molecule has 0 spiro atoms. The molecule has 7 heteroatoms. The van der Waals surface area contributed by atoms with E-state index in [0.717, 1.165) is 37.7 Å². The standard InChI is InChI=1S/C23H32N4O3/c1-2-3-15-26-21(24)20(22(29)25-23(26)30)27(16-18-11-5-4-6-12-18)19(28)14-13-17-9-7-8-10-17/h4-6,11-12,17H,2-3,7-10,13-16,24H2,1H3,(H,25,29,30). The zero-order valence-corrected chi connectivity index (χ0v) is 17.7. The second-order valence-electron chi connectivity index (χ2n) is 8.15. The number of rotatable bonds is 9. The van der Waals surface area contributed by atoms with Crippen molar-refractivity contribution in [1.29, 1.82) is 0 Å². The Labute approximate surface area is 176 Å². The van der Waals surface area contributed by atoms with Crippen LogP contribution in [0.15, 0.2) is 39.9 Å². The fraction of sp³-hybridized carbons (Fsp3) is 0.522. The molecule has 1 amide bonds. The molecule has 1 fully saturated rings. The van der Waals surface area contributed by atoms with Crippen LogP contribution in [0.4, 0.5) is 11.5 Å². The third kappa shape index (κ3) is 5.20. The average molecular weight is 413 g/mol. The molecule has 1 saturated carbocycles. The van der Waals surface area contributed by atoms with Crippen LogP contribution in [-0.4, -0.2) is 15.5 Å². The Morgan fingerprint density at radius 1 is 1.20 bits per heavy atom. The number of benzene rings is 1. The monoisotopic (exact) mass is 412 g/mol. The Kier molecular flexibility index (Phi) is 7.49. The Morgan fingerprint density at radius 2 is 1.90 bits per heavy atom. The molecule has 0 unspecified atom stereocenters. The molecule has 1 heterocycles. The largest absolute Gasteiger partial charge is 0.383 e. The number of nitrogens with zero attached hydrogens (tertiary/aromatic N) is 2. The minimum absolute atomic E-state index is 0.0577. The quantitative estimate of drug-likeness (QED) is 0.659. The Bertz CT molecular complexity index is 959. The van der Waals surface area contributed by atoms with Crippen molar-refractivity contribution in [2.75, 3.05) is 10.6 Å². The first-order valence-corrected chi connectivity index (χ1v) is 11.0. The van der Waals surface area contributed by atoms with Gasteiger partial charge in [-0.2, -0.15) is 0 Å². The maximum Gasteiger partial charge on any atom is 0.330 e. The molecule has 30 heavy (non-hydrogen) atoms. The molecular weight excluding hydrogens is 380 g/mol. The van der Waals surface area contributed by atoms with Crippen LogP contribution >= 0.6 is 0 Å². The number of nitrogen functional groups attached to an aromatic ring is 1. The first-order chi connectivity index (χ1) is 14.5. The van der Waals surface area contributed by atoms with Crippen molar-refractivity contribution in [3.8, 4) is 0 Å². The minimum atomic E-state index is -0.615. The van der Waals surface area contributed by atoms with Gasteiger partial charge in [-0.3, -0.25) is 19.1 Å². The maximum absolute atomic E-state index is 13.2. The van der Waals surface area contributed by atoms with Crippen molar-refractivity contribution in [2.45, 2.75) is 71.4 Å². The fourth-order valence-electron chi connectivity index (χ4n) is 4.20. The molecule has 0 saturated heterocycles. The van der Waals surface area contributed by atoms with E-state index in [2.05, 4.69) is 4.98 Å². The summed E-state index contributed by atoms with van der Waals surface area (Å²) in [6, 6.07) is 9.52. The van der Waals surface area contributed by atoms with Crippen molar-refractivity contribution in [3.63, 3.8) is 0 Å². The highest BCUT2D eigenvalue weighted by atomic mass is 16.2. The zero-order chi connectivity index (χ0) is 21.5. The summed E-state index contributed by atoms with van der Waals surface area (Å²) < 4.78 is 1.36. The number of unbranched alkanes of at least 4 members (excludes halogenated alkanes) is 1. The topological polar surface area (TPSA) is 101 Å². The third-order valence-corrected chi connectivity index (χ3v) is 5.95.